The fourth-order valence-electron chi connectivity index (χ4n) is 1.49. The summed E-state index contributed by atoms with van der Waals surface area (Å²) in [4.78, 5) is 12.6. The van der Waals surface area contributed by atoms with Crippen molar-refractivity contribution in [1.29, 1.82) is 0 Å². The van der Waals surface area contributed by atoms with Crippen molar-refractivity contribution in [2.45, 2.75) is 25.4 Å². The first-order valence-electron chi connectivity index (χ1n) is 4.59. The summed E-state index contributed by atoms with van der Waals surface area (Å²) in [5.41, 5.74) is 5.37. The van der Waals surface area contributed by atoms with Crippen LogP contribution in [0.3, 0.4) is 0 Å². The number of amides is 1. The molecule has 1 aliphatic heterocycles. The highest BCUT2D eigenvalue weighted by Crippen LogP contribution is 2.12. The minimum atomic E-state index is -2.52. The molecule has 1 aliphatic rings. The van der Waals surface area contributed by atoms with Gasteiger partial charge >= 0.3 is 0 Å². The van der Waals surface area contributed by atoms with Gasteiger partial charge in [-0.05, 0) is 6.92 Å². The summed E-state index contributed by atoms with van der Waals surface area (Å²) in [6, 6.07) is -1.75. The number of nitrogens with one attached hydrogen (secondary N) is 1. The number of hydrogen-bond donors (Lipinski definition) is 2. The molecule has 1 heterocycles. The first-order chi connectivity index (χ1) is 6.54. The van der Waals surface area contributed by atoms with E-state index in [0.717, 1.165) is 0 Å². The van der Waals surface area contributed by atoms with E-state index in [1.165, 1.54) is 11.8 Å². The molecule has 0 aromatic rings. The second-order valence-electron chi connectivity index (χ2n) is 3.43. The Hall–Kier alpha value is -0.460. The molecular weight excluding hydrogens is 228 g/mol. The van der Waals surface area contributed by atoms with Crippen LogP contribution in [0.5, 0.6) is 0 Å². The number of halogens is 3. The zero-order chi connectivity index (χ0) is 10.7. The van der Waals surface area contributed by atoms with Gasteiger partial charge in [0.25, 0.3) is 6.43 Å². The van der Waals surface area contributed by atoms with E-state index >= 15 is 0 Å². The Morgan fingerprint density at radius 3 is 2.67 bits per heavy atom. The summed E-state index contributed by atoms with van der Waals surface area (Å²) >= 11 is 0. The monoisotopic (exact) mass is 243 g/mol. The summed E-state index contributed by atoms with van der Waals surface area (Å²) in [7, 11) is 0. The lowest BCUT2D eigenvalue weighted by atomic mass is 10.1. The predicted octanol–water partition coefficient (Wildman–Crippen LogP) is -0.179. The molecule has 3 N–H and O–H groups in total. The molecule has 0 saturated carbocycles. The summed E-state index contributed by atoms with van der Waals surface area (Å²) in [6.07, 6.45) is -2.52. The van der Waals surface area contributed by atoms with Crippen molar-refractivity contribution in [3.05, 3.63) is 0 Å². The van der Waals surface area contributed by atoms with Gasteiger partial charge in [-0.15, -0.1) is 12.4 Å². The van der Waals surface area contributed by atoms with Crippen LogP contribution in [0.25, 0.3) is 0 Å². The van der Waals surface area contributed by atoms with Crippen LogP contribution in [-0.2, 0) is 4.79 Å². The van der Waals surface area contributed by atoms with Crippen molar-refractivity contribution >= 4 is 18.3 Å². The van der Waals surface area contributed by atoms with Crippen LogP contribution in [0, 0.1) is 0 Å². The van der Waals surface area contributed by atoms with Crippen LogP contribution in [0.2, 0.25) is 0 Å². The maximum Gasteiger partial charge on any atom is 0.259 e. The Morgan fingerprint density at radius 2 is 2.20 bits per heavy atom. The third-order valence-electron chi connectivity index (χ3n) is 2.25. The van der Waals surface area contributed by atoms with Gasteiger partial charge in [-0.3, -0.25) is 4.79 Å². The Labute approximate surface area is 93.6 Å². The van der Waals surface area contributed by atoms with Crippen LogP contribution >= 0.6 is 12.4 Å². The molecule has 1 amide bonds. The smallest absolute Gasteiger partial charge is 0.259 e. The van der Waals surface area contributed by atoms with E-state index in [9.17, 15) is 13.6 Å². The van der Waals surface area contributed by atoms with Crippen molar-refractivity contribution in [2.75, 3.05) is 19.6 Å². The number of rotatable bonds is 2. The standard InChI is InChI=1S/C8H15F2N3O.ClH/c1-5(11)8(14)13-3-2-12-4-6(13)7(9)10;/h5-7,12H,2-4,11H2,1H3;1H/t5-,6?;/m0./s1. The molecule has 1 unspecified atom stereocenters. The second kappa shape index (κ2) is 6.19. The SMILES string of the molecule is C[C@H](N)C(=O)N1CCNCC1C(F)F.Cl. The molecule has 0 aliphatic carbocycles. The average Bonchev–Trinajstić information content (AvgIpc) is 2.16. The Bertz CT molecular complexity index is 216. The zero-order valence-corrected chi connectivity index (χ0v) is 9.27. The first-order valence-corrected chi connectivity index (χ1v) is 4.59. The molecule has 0 aromatic carbocycles. The molecule has 90 valence electrons. The van der Waals surface area contributed by atoms with Crippen LogP contribution in [0.15, 0.2) is 0 Å². The highest BCUT2D eigenvalue weighted by atomic mass is 35.5. The quantitative estimate of drug-likeness (QED) is 0.708. The zero-order valence-electron chi connectivity index (χ0n) is 8.45. The summed E-state index contributed by atoms with van der Waals surface area (Å²) < 4.78 is 25.0. The number of nitrogens with two attached hydrogens (primary N) is 1. The van der Waals surface area contributed by atoms with E-state index in [1.54, 1.807) is 0 Å². The molecule has 0 aromatic heterocycles. The van der Waals surface area contributed by atoms with E-state index in [0.29, 0.717) is 13.1 Å². The Balaban J connectivity index is 0.00000196. The number of piperazine rings is 1. The Kier molecular flexibility index (Phi) is 6.00. The van der Waals surface area contributed by atoms with Gasteiger partial charge in [0.05, 0.1) is 6.04 Å². The fraction of sp³-hybridized carbons (Fsp3) is 0.875. The van der Waals surface area contributed by atoms with Crippen molar-refractivity contribution in [3.63, 3.8) is 0 Å². The molecule has 4 nitrogen and oxygen atoms in total. The Morgan fingerprint density at radius 1 is 1.60 bits per heavy atom. The van der Waals surface area contributed by atoms with Gasteiger partial charge in [-0.1, -0.05) is 0 Å². The van der Waals surface area contributed by atoms with E-state index in [2.05, 4.69) is 5.32 Å². The summed E-state index contributed by atoms with van der Waals surface area (Å²) in [5, 5.41) is 2.83. The molecule has 1 rings (SSSR count). The largest absolute Gasteiger partial charge is 0.330 e. The summed E-state index contributed by atoms with van der Waals surface area (Å²) in [6.45, 7) is 2.49. The fourth-order valence-corrected chi connectivity index (χ4v) is 1.49. The van der Waals surface area contributed by atoms with Crippen molar-refractivity contribution < 1.29 is 13.6 Å². The maximum absolute atomic E-state index is 12.5. The van der Waals surface area contributed by atoms with Crippen molar-refractivity contribution in [1.82, 2.24) is 10.2 Å². The second-order valence-corrected chi connectivity index (χ2v) is 3.43. The molecule has 0 radical (unpaired) electrons. The van der Waals surface area contributed by atoms with E-state index in [1.807, 2.05) is 0 Å². The van der Waals surface area contributed by atoms with Crippen LogP contribution in [0.1, 0.15) is 6.92 Å². The number of hydrogen-bond acceptors (Lipinski definition) is 3. The van der Waals surface area contributed by atoms with Crippen molar-refractivity contribution in [3.8, 4) is 0 Å². The third-order valence-corrected chi connectivity index (χ3v) is 2.25. The molecule has 0 spiro atoms. The predicted molar refractivity (Wildman–Crippen MR) is 55.3 cm³/mol. The normalized spacial score (nSPS) is 23.5. The lowest BCUT2D eigenvalue weighted by molar-refractivity contribution is -0.139. The molecule has 2 atom stereocenters. The van der Waals surface area contributed by atoms with Crippen LogP contribution in [0.4, 0.5) is 8.78 Å². The first kappa shape index (κ1) is 14.5. The summed E-state index contributed by atoms with van der Waals surface area (Å²) in [5.74, 6) is -0.406. The molecular formula is C8H16ClF2N3O. The highest BCUT2D eigenvalue weighted by molar-refractivity contribution is 5.85. The van der Waals surface area contributed by atoms with Gasteiger partial charge in [0.2, 0.25) is 5.91 Å². The average molecular weight is 244 g/mol. The maximum atomic E-state index is 12.5. The van der Waals surface area contributed by atoms with Gasteiger partial charge in [-0.2, -0.15) is 0 Å². The minimum Gasteiger partial charge on any atom is -0.330 e. The van der Waals surface area contributed by atoms with Gasteiger partial charge in [0, 0.05) is 19.6 Å². The van der Waals surface area contributed by atoms with Gasteiger partial charge in [0.15, 0.2) is 0 Å². The highest BCUT2D eigenvalue weighted by Gasteiger charge is 2.33. The number of nitrogens with zero attached hydrogens (tertiary/aromatic N) is 1. The van der Waals surface area contributed by atoms with Gasteiger partial charge in [0.1, 0.15) is 6.04 Å². The number of carbonyl (C=O) groups excluding carboxylic acids is 1. The topological polar surface area (TPSA) is 58.4 Å². The van der Waals surface area contributed by atoms with Crippen LogP contribution < -0.4 is 11.1 Å². The van der Waals surface area contributed by atoms with Gasteiger partial charge in [-0.25, -0.2) is 8.78 Å². The van der Waals surface area contributed by atoms with E-state index in [4.69, 9.17) is 5.73 Å². The third kappa shape index (κ3) is 3.55. The van der Waals surface area contributed by atoms with Gasteiger partial charge < -0.3 is 16.0 Å². The molecule has 1 saturated heterocycles. The number of carbonyl (C=O) groups is 1. The molecule has 7 heteroatoms. The molecule has 0 bridgehead atoms. The van der Waals surface area contributed by atoms with E-state index in [-0.39, 0.29) is 19.0 Å². The van der Waals surface area contributed by atoms with E-state index < -0.39 is 24.4 Å². The van der Waals surface area contributed by atoms with Crippen molar-refractivity contribution in [2.24, 2.45) is 5.73 Å². The lowest BCUT2D eigenvalue weighted by Gasteiger charge is -2.36. The number of alkyl halides is 2. The minimum absolute atomic E-state index is 0. The molecule has 1 fully saturated rings. The molecule has 15 heavy (non-hydrogen) atoms. The lowest BCUT2D eigenvalue weighted by Crippen LogP contribution is -2.59. The van der Waals surface area contributed by atoms with Crippen LogP contribution in [-0.4, -0.2) is 49.0 Å².